The van der Waals surface area contributed by atoms with E-state index in [2.05, 4.69) is 11.9 Å². The van der Waals surface area contributed by atoms with E-state index < -0.39 is 5.91 Å². The van der Waals surface area contributed by atoms with Gasteiger partial charge < -0.3 is 14.8 Å². The molecule has 6 heteroatoms. The predicted octanol–water partition coefficient (Wildman–Crippen LogP) is 5.88. The standard InChI is InChI=1S/C28H25ClN2O3/c1-3-4-23-15-22(9-14-27(23)34-19-21-5-10-25(29)11-6-21)16-24(17-30)28(32)31-18-20-7-12-26(33-2)13-8-20/h3,5-16H,1,4,18-19H2,2H3,(H,31,32)/b24-16-. The molecule has 0 aliphatic rings. The van der Waals surface area contributed by atoms with E-state index in [1.165, 1.54) is 0 Å². The average molecular weight is 473 g/mol. The van der Waals surface area contributed by atoms with Crippen LogP contribution >= 0.6 is 11.6 Å². The Morgan fingerprint density at radius 1 is 1.09 bits per heavy atom. The highest BCUT2D eigenvalue weighted by molar-refractivity contribution is 6.30. The van der Waals surface area contributed by atoms with Crippen molar-refractivity contribution in [1.29, 1.82) is 5.26 Å². The number of amides is 1. The number of nitrogens with one attached hydrogen (secondary N) is 1. The lowest BCUT2D eigenvalue weighted by Crippen LogP contribution is -2.23. The van der Waals surface area contributed by atoms with Crippen LogP contribution in [0.3, 0.4) is 0 Å². The van der Waals surface area contributed by atoms with Gasteiger partial charge in [0.1, 0.15) is 29.7 Å². The molecule has 0 spiro atoms. The summed E-state index contributed by atoms with van der Waals surface area (Å²) in [4.78, 5) is 12.6. The number of nitriles is 1. The quantitative estimate of drug-likeness (QED) is 0.227. The van der Waals surface area contributed by atoms with E-state index in [1.807, 2.05) is 72.8 Å². The van der Waals surface area contributed by atoms with Crippen molar-refractivity contribution in [2.75, 3.05) is 7.11 Å². The second-order valence-corrected chi connectivity index (χ2v) is 7.91. The van der Waals surface area contributed by atoms with Crippen molar-refractivity contribution >= 4 is 23.6 Å². The first kappa shape index (κ1) is 24.6. The fraction of sp³-hybridized carbons (Fsp3) is 0.143. The molecule has 1 N–H and O–H groups in total. The first-order valence-corrected chi connectivity index (χ1v) is 11.0. The number of hydrogen-bond donors (Lipinski definition) is 1. The van der Waals surface area contributed by atoms with Crippen LogP contribution in [0.1, 0.15) is 22.3 Å². The summed E-state index contributed by atoms with van der Waals surface area (Å²) in [5.74, 6) is 1.02. The van der Waals surface area contributed by atoms with Crippen molar-refractivity contribution < 1.29 is 14.3 Å². The van der Waals surface area contributed by atoms with Gasteiger partial charge in [-0.1, -0.05) is 48.0 Å². The van der Waals surface area contributed by atoms with Gasteiger partial charge in [-0.25, -0.2) is 0 Å². The fourth-order valence-electron chi connectivity index (χ4n) is 3.22. The lowest BCUT2D eigenvalue weighted by atomic mass is 10.0. The Morgan fingerprint density at radius 3 is 2.44 bits per heavy atom. The number of allylic oxidation sites excluding steroid dienone is 1. The summed E-state index contributed by atoms with van der Waals surface area (Å²) in [6.45, 7) is 4.52. The number of hydrogen-bond acceptors (Lipinski definition) is 4. The van der Waals surface area contributed by atoms with E-state index in [0.717, 1.165) is 33.8 Å². The van der Waals surface area contributed by atoms with Crippen molar-refractivity contribution in [3.05, 3.63) is 112 Å². The summed E-state index contributed by atoms with van der Waals surface area (Å²) in [6, 6.07) is 22.4. The maximum absolute atomic E-state index is 12.6. The lowest BCUT2D eigenvalue weighted by Gasteiger charge is -2.12. The second kappa shape index (κ2) is 12.3. The number of nitrogens with zero attached hydrogens (tertiary/aromatic N) is 1. The van der Waals surface area contributed by atoms with E-state index in [-0.39, 0.29) is 5.57 Å². The Kier molecular flexibility index (Phi) is 8.90. The van der Waals surface area contributed by atoms with Gasteiger partial charge in [0.25, 0.3) is 5.91 Å². The summed E-state index contributed by atoms with van der Waals surface area (Å²) in [7, 11) is 1.60. The van der Waals surface area contributed by atoms with Crippen molar-refractivity contribution in [2.24, 2.45) is 0 Å². The van der Waals surface area contributed by atoms with Crippen molar-refractivity contribution in [3.63, 3.8) is 0 Å². The molecule has 0 saturated heterocycles. The highest BCUT2D eigenvalue weighted by atomic mass is 35.5. The fourth-order valence-corrected chi connectivity index (χ4v) is 3.35. The third-order valence-corrected chi connectivity index (χ3v) is 5.30. The normalized spacial score (nSPS) is 10.8. The molecule has 0 aliphatic carbocycles. The number of methoxy groups -OCH3 is 1. The SMILES string of the molecule is C=CCc1cc(/C=C(/C#N)C(=O)NCc2ccc(OC)cc2)ccc1OCc1ccc(Cl)cc1. The topological polar surface area (TPSA) is 71.4 Å². The predicted molar refractivity (Wildman–Crippen MR) is 135 cm³/mol. The van der Waals surface area contributed by atoms with Crippen LogP contribution in [0.15, 0.2) is 85.0 Å². The monoisotopic (exact) mass is 472 g/mol. The second-order valence-electron chi connectivity index (χ2n) is 7.48. The smallest absolute Gasteiger partial charge is 0.262 e. The van der Waals surface area contributed by atoms with E-state index >= 15 is 0 Å². The molecule has 0 radical (unpaired) electrons. The summed E-state index contributed by atoms with van der Waals surface area (Å²) in [5, 5.41) is 13.0. The minimum absolute atomic E-state index is 0.0212. The lowest BCUT2D eigenvalue weighted by molar-refractivity contribution is -0.117. The molecule has 172 valence electrons. The summed E-state index contributed by atoms with van der Waals surface area (Å²) in [6.07, 6.45) is 3.94. The van der Waals surface area contributed by atoms with Gasteiger partial charge in [-0.2, -0.15) is 5.26 Å². The van der Waals surface area contributed by atoms with Gasteiger partial charge in [0.2, 0.25) is 0 Å². The molecule has 0 aromatic heterocycles. The van der Waals surface area contributed by atoms with Gasteiger partial charge in [0, 0.05) is 11.6 Å². The zero-order valence-corrected chi connectivity index (χ0v) is 19.6. The van der Waals surface area contributed by atoms with Crippen LogP contribution in [0.4, 0.5) is 0 Å². The van der Waals surface area contributed by atoms with Gasteiger partial charge in [0.05, 0.1) is 7.11 Å². The zero-order valence-electron chi connectivity index (χ0n) is 18.9. The first-order chi connectivity index (χ1) is 16.5. The van der Waals surface area contributed by atoms with Crippen molar-refractivity contribution in [3.8, 4) is 17.6 Å². The minimum Gasteiger partial charge on any atom is -0.497 e. The van der Waals surface area contributed by atoms with Crippen LogP contribution < -0.4 is 14.8 Å². The summed E-state index contributed by atoms with van der Waals surface area (Å²) < 4.78 is 11.1. The Bertz CT molecular complexity index is 1210. The van der Waals surface area contributed by atoms with Crippen LogP contribution in [-0.2, 0) is 24.4 Å². The molecule has 34 heavy (non-hydrogen) atoms. The molecular weight excluding hydrogens is 448 g/mol. The maximum atomic E-state index is 12.6. The molecule has 1 amide bonds. The van der Waals surface area contributed by atoms with Crippen LogP contribution in [-0.4, -0.2) is 13.0 Å². The van der Waals surface area contributed by atoms with Gasteiger partial charge in [-0.3, -0.25) is 4.79 Å². The highest BCUT2D eigenvalue weighted by Gasteiger charge is 2.11. The van der Waals surface area contributed by atoms with Crippen molar-refractivity contribution in [1.82, 2.24) is 5.32 Å². The van der Waals surface area contributed by atoms with E-state index in [1.54, 1.807) is 19.3 Å². The summed E-state index contributed by atoms with van der Waals surface area (Å²) >= 11 is 5.94. The molecule has 3 aromatic rings. The Balaban J connectivity index is 1.70. The van der Waals surface area contributed by atoms with Crippen LogP contribution in [0, 0.1) is 11.3 Å². The molecular formula is C28H25ClN2O3. The first-order valence-electron chi connectivity index (χ1n) is 10.7. The van der Waals surface area contributed by atoms with Gasteiger partial charge >= 0.3 is 0 Å². The number of carbonyl (C=O) groups is 1. The third-order valence-electron chi connectivity index (χ3n) is 5.04. The number of ether oxygens (including phenoxy) is 2. The van der Waals surface area contributed by atoms with Crippen LogP contribution in [0.25, 0.3) is 6.08 Å². The van der Waals surface area contributed by atoms with E-state index in [9.17, 15) is 10.1 Å². The number of rotatable bonds is 10. The molecule has 0 atom stereocenters. The largest absolute Gasteiger partial charge is 0.497 e. The molecule has 0 fully saturated rings. The van der Waals surface area contributed by atoms with E-state index in [0.29, 0.717) is 24.6 Å². The third kappa shape index (κ3) is 6.99. The Hall–Kier alpha value is -4.01. The van der Waals surface area contributed by atoms with E-state index in [4.69, 9.17) is 21.1 Å². The average Bonchev–Trinajstić information content (AvgIpc) is 2.86. The molecule has 0 bridgehead atoms. The molecule has 0 aliphatic heterocycles. The molecule has 0 unspecified atom stereocenters. The number of benzene rings is 3. The van der Waals surface area contributed by atoms with Gasteiger partial charge in [-0.05, 0) is 71.1 Å². The molecule has 3 aromatic carbocycles. The molecule has 0 saturated carbocycles. The van der Waals surface area contributed by atoms with Gasteiger partial charge in [-0.15, -0.1) is 6.58 Å². The minimum atomic E-state index is -0.438. The van der Waals surface area contributed by atoms with Crippen molar-refractivity contribution in [2.45, 2.75) is 19.6 Å². The van der Waals surface area contributed by atoms with Gasteiger partial charge in [0.15, 0.2) is 0 Å². The summed E-state index contributed by atoms with van der Waals surface area (Å²) in [5.41, 5.74) is 3.56. The number of halogens is 1. The van der Waals surface area contributed by atoms with Crippen LogP contribution in [0.2, 0.25) is 5.02 Å². The zero-order chi connectivity index (χ0) is 24.3. The Labute approximate surface area is 204 Å². The Morgan fingerprint density at radius 2 is 1.79 bits per heavy atom. The van der Waals surface area contributed by atoms with Crippen LogP contribution in [0.5, 0.6) is 11.5 Å². The molecule has 3 rings (SSSR count). The highest BCUT2D eigenvalue weighted by Crippen LogP contribution is 2.24. The molecule has 0 heterocycles. The number of carbonyl (C=O) groups excluding carboxylic acids is 1. The molecule has 5 nitrogen and oxygen atoms in total. The maximum Gasteiger partial charge on any atom is 0.262 e.